The van der Waals surface area contributed by atoms with Crippen molar-refractivity contribution >= 4 is 56.8 Å². The molecule has 126 valence electrons. The fourth-order valence-electron chi connectivity index (χ4n) is 2.42. The largest absolute Gasteiger partial charge is 0.496 e. The summed E-state index contributed by atoms with van der Waals surface area (Å²) < 4.78 is 6.15. The summed E-state index contributed by atoms with van der Waals surface area (Å²) in [5.74, 6) is -0.449. The van der Waals surface area contributed by atoms with Gasteiger partial charge < -0.3 is 4.74 Å². The highest BCUT2D eigenvalue weighted by Gasteiger charge is 2.34. The first kappa shape index (κ1) is 17.3. The summed E-state index contributed by atoms with van der Waals surface area (Å²) >= 11 is 8.52. The smallest absolute Gasteiger partial charge is 0.270 e. The molecule has 5 nitrogen and oxygen atoms in total. The van der Waals surface area contributed by atoms with Gasteiger partial charge in [-0.1, -0.05) is 34.1 Å². The Morgan fingerprint density at radius 2 is 1.80 bits per heavy atom. The van der Waals surface area contributed by atoms with Crippen LogP contribution < -0.4 is 15.0 Å². The highest BCUT2D eigenvalue weighted by molar-refractivity contribution is 9.10. The number of benzene rings is 2. The Labute approximate surface area is 158 Å². The average Bonchev–Trinajstić information content (AvgIpc) is 2.60. The molecule has 0 aliphatic carbocycles. The van der Waals surface area contributed by atoms with E-state index in [1.165, 1.54) is 18.1 Å². The molecule has 2 aromatic rings. The molecule has 25 heavy (non-hydrogen) atoms. The van der Waals surface area contributed by atoms with Crippen LogP contribution in [0.3, 0.4) is 0 Å². The van der Waals surface area contributed by atoms with Crippen molar-refractivity contribution in [1.29, 1.82) is 0 Å². The second-order valence-electron chi connectivity index (χ2n) is 5.18. The summed E-state index contributed by atoms with van der Waals surface area (Å²) in [6, 6.07) is 14.2. The molecule has 1 fully saturated rings. The monoisotopic (exact) mass is 416 g/mol. The third-order valence-electron chi connectivity index (χ3n) is 3.63. The van der Waals surface area contributed by atoms with Crippen molar-refractivity contribution in [3.63, 3.8) is 0 Å². The fourth-order valence-corrected chi connectivity index (χ4v) is 2.97. The first-order valence-corrected chi connectivity index (χ1v) is 8.51. The van der Waals surface area contributed by atoms with Crippen LogP contribution in [0.5, 0.6) is 5.75 Å². The normalized spacial score (nSPS) is 16.2. The van der Waals surface area contributed by atoms with Crippen molar-refractivity contribution in [3.05, 3.63) is 64.1 Å². The number of nitrogens with zero attached hydrogens (tertiary/aromatic N) is 1. The number of anilines is 1. The molecule has 0 bridgehead atoms. The SMILES string of the molecule is COc1ccccc1/C=C1/C(=O)NC(=S)N(c2ccc(Br)cc2)C1=O. The van der Waals surface area contributed by atoms with Gasteiger partial charge in [-0.05, 0) is 48.6 Å². The Morgan fingerprint density at radius 1 is 1.12 bits per heavy atom. The first-order chi connectivity index (χ1) is 12.0. The van der Waals surface area contributed by atoms with Gasteiger partial charge in [-0.2, -0.15) is 0 Å². The van der Waals surface area contributed by atoms with E-state index in [2.05, 4.69) is 21.2 Å². The number of rotatable bonds is 3. The van der Waals surface area contributed by atoms with Crippen LogP contribution in [0.15, 0.2) is 58.6 Å². The van der Waals surface area contributed by atoms with Gasteiger partial charge in [-0.25, -0.2) is 0 Å². The molecular weight excluding hydrogens is 404 g/mol. The second-order valence-corrected chi connectivity index (χ2v) is 6.48. The molecule has 2 aromatic carbocycles. The van der Waals surface area contributed by atoms with Gasteiger partial charge in [0.1, 0.15) is 11.3 Å². The zero-order valence-corrected chi connectivity index (χ0v) is 15.6. The van der Waals surface area contributed by atoms with Crippen LogP contribution in [0.25, 0.3) is 6.08 Å². The minimum Gasteiger partial charge on any atom is -0.496 e. The molecule has 1 aliphatic rings. The van der Waals surface area contributed by atoms with E-state index in [-0.39, 0.29) is 10.7 Å². The quantitative estimate of drug-likeness (QED) is 0.473. The Hall–Kier alpha value is -2.51. The van der Waals surface area contributed by atoms with Gasteiger partial charge in [-0.3, -0.25) is 19.8 Å². The molecule has 1 heterocycles. The lowest BCUT2D eigenvalue weighted by atomic mass is 10.1. The topological polar surface area (TPSA) is 58.6 Å². The minimum absolute atomic E-state index is 0.0129. The van der Waals surface area contributed by atoms with E-state index in [1.54, 1.807) is 42.5 Å². The van der Waals surface area contributed by atoms with E-state index in [9.17, 15) is 9.59 Å². The highest BCUT2D eigenvalue weighted by atomic mass is 79.9. The standard InChI is InChI=1S/C18H13BrN2O3S/c1-24-15-5-3-2-4-11(15)10-14-16(22)20-18(25)21(17(14)23)13-8-6-12(19)7-9-13/h2-10H,1H3,(H,20,22,25)/b14-10-. The Kier molecular flexibility index (Phi) is 4.96. The third-order valence-corrected chi connectivity index (χ3v) is 4.44. The van der Waals surface area contributed by atoms with E-state index in [0.717, 1.165) is 4.47 Å². The van der Waals surface area contributed by atoms with E-state index in [1.807, 2.05) is 6.07 Å². The van der Waals surface area contributed by atoms with E-state index in [0.29, 0.717) is 17.0 Å². The van der Waals surface area contributed by atoms with Gasteiger partial charge in [0.25, 0.3) is 11.8 Å². The number of hydrogen-bond donors (Lipinski definition) is 1. The van der Waals surface area contributed by atoms with Crippen molar-refractivity contribution in [2.75, 3.05) is 12.0 Å². The molecule has 1 aliphatic heterocycles. The molecule has 0 aromatic heterocycles. The number of amides is 2. The van der Waals surface area contributed by atoms with Crippen molar-refractivity contribution < 1.29 is 14.3 Å². The third kappa shape index (κ3) is 3.47. The lowest BCUT2D eigenvalue weighted by Crippen LogP contribution is -2.54. The number of carbonyl (C=O) groups is 2. The summed E-state index contributed by atoms with van der Waals surface area (Å²) in [7, 11) is 1.53. The van der Waals surface area contributed by atoms with Crippen LogP contribution in [-0.4, -0.2) is 24.0 Å². The van der Waals surface area contributed by atoms with Gasteiger partial charge in [0.05, 0.1) is 12.8 Å². The fraction of sp³-hybridized carbons (Fsp3) is 0.0556. The lowest BCUT2D eigenvalue weighted by Gasteiger charge is -2.29. The number of methoxy groups -OCH3 is 1. The number of thiocarbonyl (C=S) groups is 1. The number of para-hydroxylation sites is 1. The molecular formula is C18H13BrN2O3S. The summed E-state index contributed by atoms with van der Waals surface area (Å²) in [4.78, 5) is 26.5. The second kappa shape index (κ2) is 7.16. The molecule has 3 rings (SSSR count). The van der Waals surface area contributed by atoms with Gasteiger partial charge in [0.2, 0.25) is 0 Å². The predicted molar refractivity (Wildman–Crippen MR) is 103 cm³/mol. The lowest BCUT2D eigenvalue weighted by molar-refractivity contribution is -0.122. The van der Waals surface area contributed by atoms with Crippen molar-refractivity contribution in [1.82, 2.24) is 5.32 Å². The Bertz CT molecular complexity index is 893. The van der Waals surface area contributed by atoms with Gasteiger partial charge in [-0.15, -0.1) is 0 Å². The molecule has 0 atom stereocenters. The van der Waals surface area contributed by atoms with E-state index < -0.39 is 11.8 Å². The van der Waals surface area contributed by atoms with Gasteiger partial charge in [0, 0.05) is 10.0 Å². The number of carbonyl (C=O) groups excluding carboxylic acids is 2. The van der Waals surface area contributed by atoms with Crippen molar-refractivity contribution in [3.8, 4) is 5.75 Å². The molecule has 0 radical (unpaired) electrons. The van der Waals surface area contributed by atoms with E-state index >= 15 is 0 Å². The Morgan fingerprint density at radius 3 is 2.48 bits per heavy atom. The average molecular weight is 417 g/mol. The molecule has 0 unspecified atom stereocenters. The zero-order chi connectivity index (χ0) is 18.0. The van der Waals surface area contributed by atoms with Crippen LogP contribution in [0.2, 0.25) is 0 Å². The summed E-state index contributed by atoms with van der Waals surface area (Å²) in [6.45, 7) is 0. The maximum absolute atomic E-state index is 12.9. The first-order valence-electron chi connectivity index (χ1n) is 7.31. The number of hydrogen-bond acceptors (Lipinski definition) is 4. The van der Waals surface area contributed by atoms with Crippen LogP contribution in [0.4, 0.5) is 5.69 Å². The maximum atomic E-state index is 12.9. The van der Waals surface area contributed by atoms with Crippen LogP contribution in [-0.2, 0) is 9.59 Å². The molecule has 1 saturated heterocycles. The molecule has 1 N–H and O–H groups in total. The molecule has 2 amide bonds. The van der Waals surface area contributed by atoms with Crippen LogP contribution in [0.1, 0.15) is 5.56 Å². The number of nitrogens with one attached hydrogen (secondary N) is 1. The molecule has 0 saturated carbocycles. The van der Waals surface area contributed by atoms with Gasteiger partial charge in [0.15, 0.2) is 5.11 Å². The minimum atomic E-state index is -0.533. The van der Waals surface area contributed by atoms with Crippen LogP contribution in [0, 0.1) is 0 Å². The summed E-state index contributed by atoms with van der Waals surface area (Å²) in [5.41, 5.74) is 1.19. The van der Waals surface area contributed by atoms with E-state index in [4.69, 9.17) is 17.0 Å². The number of halogens is 1. The zero-order valence-electron chi connectivity index (χ0n) is 13.2. The highest BCUT2D eigenvalue weighted by Crippen LogP contribution is 2.26. The Balaban J connectivity index is 2.03. The molecule has 7 heteroatoms. The van der Waals surface area contributed by atoms with Gasteiger partial charge >= 0.3 is 0 Å². The molecule has 0 spiro atoms. The summed E-state index contributed by atoms with van der Waals surface area (Å²) in [5, 5.41) is 2.61. The van der Waals surface area contributed by atoms with Crippen molar-refractivity contribution in [2.24, 2.45) is 0 Å². The number of ether oxygens (including phenoxy) is 1. The van der Waals surface area contributed by atoms with Crippen molar-refractivity contribution in [2.45, 2.75) is 0 Å². The maximum Gasteiger partial charge on any atom is 0.270 e. The van der Waals surface area contributed by atoms with Crippen LogP contribution >= 0.6 is 28.1 Å². The summed E-state index contributed by atoms with van der Waals surface area (Å²) in [6.07, 6.45) is 1.50. The predicted octanol–water partition coefficient (Wildman–Crippen LogP) is 3.29.